The molecule has 0 amide bonds. The van der Waals surface area contributed by atoms with Crippen LogP contribution in [0.3, 0.4) is 0 Å². The first-order chi connectivity index (χ1) is 15.5. The van der Waals surface area contributed by atoms with Gasteiger partial charge < -0.3 is 4.57 Å². The first kappa shape index (κ1) is 20.4. The summed E-state index contributed by atoms with van der Waals surface area (Å²) in [6, 6.07) is 12.1. The molecule has 0 aliphatic heterocycles. The number of nitrogens with zero attached hydrogens (tertiary/aromatic N) is 4. The Morgan fingerprint density at radius 3 is 2.44 bits per heavy atom. The lowest BCUT2D eigenvalue weighted by Gasteiger charge is -2.19. The highest BCUT2D eigenvalue weighted by atomic mass is 19.1. The van der Waals surface area contributed by atoms with E-state index in [0.29, 0.717) is 12.8 Å². The van der Waals surface area contributed by atoms with Gasteiger partial charge in [-0.15, -0.1) is 0 Å². The standard InChI is InChI=1S/C24H22F2N4O2/c1-15(16-7-3-2-4-8-16)28-14-27-22-21(28)23(31)29(18-9-5-6-10-18)24(32)30(22)20-12-11-17(25)13-19(20)26/h2-4,7-8,11-15,18H,5-6,9-10H2,1H3. The maximum Gasteiger partial charge on any atom is 0.337 e. The Bertz CT molecular complexity index is 1420. The molecule has 4 aromatic rings. The van der Waals surface area contributed by atoms with Gasteiger partial charge in [-0.1, -0.05) is 43.2 Å². The normalized spacial score (nSPS) is 15.5. The quantitative estimate of drug-likeness (QED) is 0.478. The van der Waals surface area contributed by atoms with Gasteiger partial charge in [0.1, 0.15) is 11.6 Å². The Morgan fingerprint density at radius 2 is 1.75 bits per heavy atom. The van der Waals surface area contributed by atoms with Gasteiger partial charge in [0.25, 0.3) is 5.56 Å². The van der Waals surface area contributed by atoms with Crippen LogP contribution in [0.15, 0.2) is 64.4 Å². The lowest BCUT2D eigenvalue weighted by Crippen LogP contribution is -2.42. The van der Waals surface area contributed by atoms with Crippen molar-refractivity contribution in [3.05, 3.63) is 92.9 Å². The van der Waals surface area contributed by atoms with Crippen molar-refractivity contribution in [2.45, 2.75) is 44.7 Å². The molecule has 1 unspecified atom stereocenters. The highest BCUT2D eigenvalue weighted by Crippen LogP contribution is 2.29. The third-order valence-corrected chi connectivity index (χ3v) is 6.34. The zero-order valence-electron chi connectivity index (χ0n) is 17.5. The first-order valence-corrected chi connectivity index (χ1v) is 10.7. The number of halogens is 2. The maximum absolute atomic E-state index is 14.8. The minimum absolute atomic E-state index is 0.0579. The third kappa shape index (κ3) is 3.18. The molecular formula is C24H22F2N4O2. The highest BCUT2D eigenvalue weighted by Gasteiger charge is 2.28. The number of benzene rings is 2. The Balaban J connectivity index is 1.85. The molecule has 2 aromatic carbocycles. The minimum atomic E-state index is -0.893. The summed E-state index contributed by atoms with van der Waals surface area (Å²) in [5.41, 5.74) is 0.0164. The van der Waals surface area contributed by atoms with Crippen LogP contribution in [-0.2, 0) is 0 Å². The topological polar surface area (TPSA) is 61.8 Å². The molecule has 2 heterocycles. The van der Waals surface area contributed by atoms with Crippen molar-refractivity contribution in [2.75, 3.05) is 0 Å². The van der Waals surface area contributed by atoms with Gasteiger partial charge in [0, 0.05) is 12.1 Å². The fraction of sp³-hybridized carbons (Fsp3) is 0.292. The second-order valence-electron chi connectivity index (χ2n) is 8.24. The molecule has 32 heavy (non-hydrogen) atoms. The molecule has 5 rings (SSSR count). The van der Waals surface area contributed by atoms with Crippen LogP contribution in [-0.4, -0.2) is 18.7 Å². The summed E-state index contributed by atoms with van der Waals surface area (Å²) in [4.78, 5) is 31.5. The van der Waals surface area contributed by atoms with E-state index in [9.17, 15) is 18.4 Å². The number of hydrogen-bond acceptors (Lipinski definition) is 3. The molecule has 1 saturated carbocycles. The van der Waals surface area contributed by atoms with Crippen LogP contribution in [0.5, 0.6) is 0 Å². The zero-order valence-corrected chi connectivity index (χ0v) is 17.5. The molecule has 0 saturated heterocycles. The highest BCUT2D eigenvalue weighted by molar-refractivity contribution is 5.73. The summed E-state index contributed by atoms with van der Waals surface area (Å²) in [7, 11) is 0. The number of hydrogen-bond donors (Lipinski definition) is 0. The van der Waals surface area contributed by atoms with Gasteiger partial charge in [-0.05, 0) is 37.5 Å². The predicted octanol–water partition coefficient (Wildman–Crippen LogP) is 4.35. The molecule has 1 aliphatic carbocycles. The molecule has 0 N–H and O–H groups in total. The van der Waals surface area contributed by atoms with Crippen LogP contribution in [0.2, 0.25) is 0 Å². The molecule has 0 spiro atoms. The molecule has 0 bridgehead atoms. The summed E-state index contributed by atoms with van der Waals surface area (Å²) < 4.78 is 32.4. The second-order valence-corrected chi connectivity index (χ2v) is 8.24. The summed E-state index contributed by atoms with van der Waals surface area (Å²) in [5, 5.41) is 0. The van der Waals surface area contributed by atoms with Gasteiger partial charge in [-0.2, -0.15) is 0 Å². The van der Waals surface area contributed by atoms with Gasteiger partial charge in [-0.25, -0.2) is 23.1 Å². The molecular weight excluding hydrogens is 414 g/mol. The lowest BCUT2D eigenvalue weighted by atomic mass is 10.1. The van der Waals surface area contributed by atoms with Crippen LogP contribution < -0.4 is 11.2 Å². The molecule has 1 aliphatic rings. The number of rotatable bonds is 4. The van der Waals surface area contributed by atoms with Gasteiger partial charge in [-0.3, -0.25) is 9.36 Å². The summed E-state index contributed by atoms with van der Waals surface area (Å²) in [5.74, 6) is -1.64. The fourth-order valence-corrected chi connectivity index (χ4v) is 4.67. The Morgan fingerprint density at radius 1 is 1.03 bits per heavy atom. The molecule has 6 nitrogen and oxygen atoms in total. The fourth-order valence-electron chi connectivity index (χ4n) is 4.67. The first-order valence-electron chi connectivity index (χ1n) is 10.7. The van der Waals surface area contributed by atoms with Crippen molar-refractivity contribution in [1.29, 1.82) is 0 Å². The average molecular weight is 436 g/mol. The smallest absolute Gasteiger partial charge is 0.317 e. The Hall–Kier alpha value is -3.55. The van der Waals surface area contributed by atoms with E-state index in [0.717, 1.165) is 35.1 Å². The van der Waals surface area contributed by atoms with Gasteiger partial charge in [0.2, 0.25) is 0 Å². The van der Waals surface area contributed by atoms with Crippen LogP contribution in [0.1, 0.15) is 50.3 Å². The van der Waals surface area contributed by atoms with Crippen molar-refractivity contribution in [2.24, 2.45) is 0 Å². The summed E-state index contributed by atoms with van der Waals surface area (Å²) >= 11 is 0. The Labute approximate surface area is 182 Å². The maximum atomic E-state index is 14.8. The minimum Gasteiger partial charge on any atom is -0.317 e. The zero-order chi connectivity index (χ0) is 22.4. The average Bonchev–Trinajstić information content (AvgIpc) is 3.46. The molecule has 1 fully saturated rings. The number of imidazole rings is 1. The predicted molar refractivity (Wildman–Crippen MR) is 117 cm³/mol. The second kappa shape index (κ2) is 7.85. The van der Waals surface area contributed by atoms with E-state index in [1.54, 1.807) is 4.57 Å². The van der Waals surface area contributed by atoms with Gasteiger partial charge >= 0.3 is 5.69 Å². The lowest BCUT2D eigenvalue weighted by molar-refractivity contribution is 0.471. The van der Waals surface area contributed by atoms with E-state index in [1.807, 2.05) is 37.3 Å². The van der Waals surface area contributed by atoms with E-state index in [2.05, 4.69) is 4.98 Å². The van der Waals surface area contributed by atoms with E-state index < -0.39 is 22.9 Å². The van der Waals surface area contributed by atoms with Crippen LogP contribution in [0.25, 0.3) is 16.9 Å². The van der Waals surface area contributed by atoms with Crippen molar-refractivity contribution in [1.82, 2.24) is 18.7 Å². The van der Waals surface area contributed by atoms with Crippen molar-refractivity contribution >= 4 is 11.2 Å². The van der Waals surface area contributed by atoms with Gasteiger partial charge in [0.05, 0.1) is 18.1 Å². The monoisotopic (exact) mass is 436 g/mol. The molecule has 2 aromatic heterocycles. The van der Waals surface area contributed by atoms with Crippen LogP contribution >= 0.6 is 0 Å². The molecule has 8 heteroatoms. The van der Waals surface area contributed by atoms with Gasteiger partial charge in [0.15, 0.2) is 11.2 Å². The third-order valence-electron chi connectivity index (χ3n) is 6.34. The summed E-state index contributed by atoms with van der Waals surface area (Å²) in [6.07, 6.45) is 4.74. The van der Waals surface area contributed by atoms with Crippen molar-refractivity contribution in [3.63, 3.8) is 0 Å². The van der Waals surface area contributed by atoms with Crippen molar-refractivity contribution < 1.29 is 8.78 Å². The van der Waals surface area contributed by atoms with E-state index >= 15 is 0 Å². The van der Waals surface area contributed by atoms with E-state index in [1.165, 1.54) is 17.0 Å². The SMILES string of the molecule is CC(c1ccccc1)n1cnc2c1c(=O)n(C1CCCC1)c(=O)n2-c1ccc(F)cc1F. The summed E-state index contributed by atoms with van der Waals surface area (Å²) in [6.45, 7) is 1.93. The van der Waals surface area contributed by atoms with Crippen LogP contribution in [0.4, 0.5) is 8.78 Å². The largest absolute Gasteiger partial charge is 0.337 e. The van der Waals surface area contributed by atoms with E-state index in [4.69, 9.17) is 0 Å². The Kier molecular flexibility index (Phi) is 5.00. The molecule has 164 valence electrons. The van der Waals surface area contributed by atoms with E-state index in [-0.39, 0.29) is 28.9 Å². The number of aromatic nitrogens is 4. The molecule has 1 atom stereocenters. The number of fused-ring (bicyclic) bond motifs is 1. The van der Waals surface area contributed by atoms with Crippen LogP contribution in [0, 0.1) is 11.6 Å². The molecule has 0 radical (unpaired) electrons. The van der Waals surface area contributed by atoms with Crippen molar-refractivity contribution in [3.8, 4) is 5.69 Å².